The van der Waals surface area contributed by atoms with Gasteiger partial charge in [-0.1, -0.05) is 240 Å². The predicted molar refractivity (Wildman–Crippen MR) is 470 cm³/mol. The number of anilines is 2. The van der Waals surface area contributed by atoms with Crippen molar-refractivity contribution in [3.05, 3.63) is 356 Å². The van der Waals surface area contributed by atoms with Crippen molar-refractivity contribution in [1.82, 2.24) is 53.7 Å². The number of aromatic nitrogens is 8. The predicted octanol–water partition coefficient (Wildman–Crippen LogP) is 16.4. The van der Waals surface area contributed by atoms with E-state index in [1.165, 1.54) is 5.56 Å². The average molecular weight is 1630 g/mol. The Morgan fingerprint density at radius 3 is 1.03 bits per heavy atom. The van der Waals surface area contributed by atoms with Gasteiger partial charge in [-0.2, -0.15) is 0 Å². The number of piperidine rings is 3. The maximum absolute atomic E-state index is 12.6. The van der Waals surface area contributed by atoms with Crippen LogP contribution in [0.25, 0.3) is 66.6 Å². The molecule has 594 valence electrons. The summed E-state index contributed by atoms with van der Waals surface area (Å²) in [5.41, 5.74) is 28.6. The number of H-pyrrole nitrogens is 3. The normalized spacial score (nSPS) is 13.9. The number of para-hydroxylation sites is 10. The first kappa shape index (κ1) is 82.2. The number of benzene rings is 11. The lowest BCUT2D eigenvalue weighted by molar-refractivity contribution is 0.0817. The Labute approximate surface area is 685 Å². The number of rotatable bonds is 16. The van der Waals surface area contributed by atoms with E-state index >= 15 is 0 Å². The molecule has 3 aliphatic heterocycles. The molecule has 3 saturated heterocycles. The largest absolute Gasteiger partial charge is 0.397 e. The van der Waals surface area contributed by atoms with Gasteiger partial charge in [0.05, 0.1) is 66.9 Å². The topological polar surface area (TPSA) is 298 Å². The monoisotopic (exact) mass is 1620 g/mol. The van der Waals surface area contributed by atoms with Crippen LogP contribution in [0.4, 0.5) is 11.4 Å². The molecule has 0 unspecified atom stereocenters. The first-order chi connectivity index (χ1) is 57.1. The van der Waals surface area contributed by atoms with Gasteiger partial charge in [-0.15, -0.1) is 0 Å². The van der Waals surface area contributed by atoms with Crippen LogP contribution in [0.2, 0.25) is 0 Å². The third kappa shape index (κ3) is 20.6. The number of hydrogen-bond acceptors (Lipinski definition) is 15. The standard InChI is InChI=1S/C33H29N5O.C27H25N3O3.C15H11BrO2.C12H15N3O.C6H8N2.C2H6O/c39-33-36-29-12-6-7-13-30(29)38(33)26-18-20-37(21-19-26)22-23-14-16-25(17-15-23)32-31(24-8-2-1-3-9-24)34-27-10-4-5-11-28(27)35-32;31-25(20-6-2-1-3-7-20)26(32)21-12-10-19(11-13-21)18-29-16-14-22(15-17-29)30-24-9-5-4-8-23(24)28-27(30)33;16-10-11-6-8-13(9-7-11)15(18)14(17)12-4-2-1-3-5-12;16-12-14-10-3-1-2-4-11(10)15(12)9-5-7-13-8-6-9;7-5-3-1-2-4-6(5)8;1-2-3/h1-17,26H,18-22H2,(H,36,39);1-13,22H,14-18H2,(H,28,33);1-9H,10H2;1-4,9,13H,5-8H2,(H,14,16);1-4H,7-8H2;3H,2H2,1H3. The molecule has 21 nitrogen and oxygen atoms in total. The minimum atomic E-state index is -0.488. The fraction of sp³-hybridized carbons (Fsp3) is 0.211. The molecule has 22 heteroatoms. The van der Waals surface area contributed by atoms with E-state index in [-0.39, 0.29) is 35.8 Å². The Kier molecular flexibility index (Phi) is 28.1. The van der Waals surface area contributed by atoms with E-state index < -0.39 is 23.1 Å². The van der Waals surface area contributed by atoms with Gasteiger partial charge >= 0.3 is 17.1 Å². The summed E-state index contributed by atoms with van der Waals surface area (Å²) in [5, 5.41) is 11.6. The lowest BCUT2D eigenvalue weighted by Gasteiger charge is -2.32. The van der Waals surface area contributed by atoms with E-state index in [0.29, 0.717) is 39.7 Å². The number of halogens is 1. The van der Waals surface area contributed by atoms with Crippen molar-refractivity contribution in [2.75, 3.05) is 57.3 Å². The zero-order valence-corrected chi connectivity index (χ0v) is 66.7. The number of fused-ring (bicyclic) bond motifs is 4. The summed E-state index contributed by atoms with van der Waals surface area (Å²) in [6, 6.07) is 90.3. The maximum Gasteiger partial charge on any atom is 0.326 e. The number of ketones is 4. The number of nitrogens with one attached hydrogen (secondary N) is 4. The first-order valence-corrected chi connectivity index (χ1v) is 40.6. The zero-order chi connectivity index (χ0) is 81.6. The zero-order valence-electron chi connectivity index (χ0n) is 65.1. The van der Waals surface area contributed by atoms with Crippen molar-refractivity contribution in [3.8, 4) is 22.5 Å². The number of carbonyl (C=O) groups excluding carboxylic acids is 4. The molecule has 0 saturated carbocycles. The van der Waals surface area contributed by atoms with Crippen molar-refractivity contribution in [1.29, 1.82) is 0 Å². The number of aliphatic hydroxyl groups is 1. The quantitative estimate of drug-likeness (QED) is 0.0205. The molecule has 117 heavy (non-hydrogen) atoms. The molecule has 3 fully saturated rings. The fourth-order valence-corrected chi connectivity index (χ4v) is 15.4. The van der Waals surface area contributed by atoms with Gasteiger partial charge in [0.2, 0.25) is 23.1 Å². The molecule has 0 bridgehead atoms. The molecular weight excluding hydrogens is 1530 g/mol. The molecule has 11 aromatic carbocycles. The third-order valence-electron chi connectivity index (χ3n) is 21.1. The molecule has 4 aromatic heterocycles. The van der Waals surface area contributed by atoms with Gasteiger partial charge in [-0.25, -0.2) is 24.4 Å². The highest BCUT2D eigenvalue weighted by Crippen LogP contribution is 2.33. The number of likely N-dealkylation sites (tertiary alicyclic amines) is 2. The molecule has 15 aromatic rings. The average Bonchev–Trinajstić information content (AvgIpc) is 0.785. The Bertz CT molecular complexity index is 6000. The lowest BCUT2D eigenvalue weighted by Crippen LogP contribution is -2.36. The SMILES string of the molecule is CCO.Nc1ccccc1N.O=C(C(=O)c1ccc(CBr)cc1)c1ccccc1.O=C(C(=O)c1ccc(CN2CCC(n3c(=O)[nH]c4ccccc43)CC2)cc1)c1ccccc1.O=c1[nH]c2ccccc2n1C1CCN(Cc2ccc(-c3nc4ccccc4nc3-c3ccccc3)cc2)CC1.O=c1[nH]c2ccccc2n1C1CCNCC1. The number of alkyl halides is 1. The van der Waals surface area contributed by atoms with Crippen molar-refractivity contribution in [2.45, 2.75) is 82.0 Å². The first-order valence-electron chi connectivity index (χ1n) is 39.5. The molecule has 7 heterocycles. The van der Waals surface area contributed by atoms with E-state index in [4.69, 9.17) is 26.5 Å². The molecule has 0 atom stereocenters. The van der Waals surface area contributed by atoms with E-state index in [1.54, 1.807) is 91.9 Å². The van der Waals surface area contributed by atoms with Gasteiger partial charge in [-0.3, -0.25) is 42.7 Å². The van der Waals surface area contributed by atoms with Crippen LogP contribution in [0.15, 0.2) is 300 Å². The summed E-state index contributed by atoms with van der Waals surface area (Å²) >= 11 is 3.33. The third-order valence-corrected chi connectivity index (χ3v) is 21.8. The minimum absolute atomic E-state index is 0.00287. The number of nitrogens with two attached hydrogens (primary N) is 2. The van der Waals surface area contributed by atoms with E-state index in [2.05, 4.69) is 82.4 Å². The second-order valence-electron chi connectivity index (χ2n) is 28.9. The van der Waals surface area contributed by atoms with Crippen molar-refractivity contribution >= 4 is 94.6 Å². The molecule has 9 N–H and O–H groups in total. The summed E-state index contributed by atoms with van der Waals surface area (Å²) in [6.45, 7) is 9.31. The van der Waals surface area contributed by atoms with Crippen LogP contribution in [-0.4, -0.2) is 123 Å². The van der Waals surface area contributed by atoms with Crippen LogP contribution < -0.4 is 33.9 Å². The van der Waals surface area contributed by atoms with Gasteiger partial charge < -0.3 is 36.8 Å². The number of aromatic amines is 3. The highest BCUT2D eigenvalue weighted by molar-refractivity contribution is 9.08. The van der Waals surface area contributed by atoms with Gasteiger partial charge in [0.1, 0.15) is 0 Å². The number of nitrogen functional groups attached to an aromatic ring is 2. The number of nitrogens with zero attached hydrogens (tertiary/aromatic N) is 7. The van der Waals surface area contributed by atoms with E-state index in [1.807, 2.05) is 177 Å². The van der Waals surface area contributed by atoms with E-state index in [0.717, 1.165) is 174 Å². The molecule has 3 aliphatic rings. The molecule has 0 aliphatic carbocycles. The maximum atomic E-state index is 12.6. The number of hydrogen-bond donors (Lipinski definition) is 7. The summed E-state index contributed by atoms with van der Waals surface area (Å²) in [6.07, 6.45) is 5.80. The Balaban J connectivity index is 0.000000136. The van der Waals surface area contributed by atoms with E-state index in [9.17, 15) is 33.6 Å². The summed E-state index contributed by atoms with van der Waals surface area (Å²) < 4.78 is 5.77. The van der Waals surface area contributed by atoms with Crippen LogP contribution in [0.3, 0.4) is 0 Å². The fourth-order valence-electron chi connectivity index (χ4n) is 15.1. The summed E-state index contributed by atoms with van der Waals surface area (Å²) in [7, 11) is 0. The Hall–Kier alpha value is -12.8. The highest BCUT2D eigenvalue weighted by Gasteiger charge is 2.27. The van der Waals surface area contributed by atoms with Gasteiger partial charge in [0, 0.05) is 103 Å². The van der Waals surface area contributed by atoms with Crippen molar-refractivity contribution < 1.29 is 24.3 Å². The van der Waals surface area contributed by atoms with Crippen LogP contribution in [0.1, 0.15) is 122 Å². The van der Waals surface area contributed by atoms with Crippen LogP contribution in [0.5, 0.6) is 0 Å². The highest BCUT2D eigenvalue weighted by atomic mass is 79.9. The Morgan fingerprint density at radius 1 is 0.376 bits per heavy atom. The lowest BCUT2D eigenvalue weighted by atomic mass is 10.00. The Morgan fingerprint density at radius 2 is 0.667 bits per heavy atom. The van der Waals surface area contributed by atoms with Crippen molar-refractivity contribution in [2.24, 2.45) is 0 Å². The second kappa shape index (κ2) is 40.0. The molecule has 0 spiro atoms. The smallest absolute Gasteiger partial charge is 0.326 e. The number of aliphatic hydroxyl groups excluding tert-OH is 1. The van der Waals surface area contributed by atoms with Crippen LogP contribution in [0, 0.1) is 0 Å². The minimum Gasteiger partial charge on any atom is -0.397 e. The number of carbonyl (C=O) groups is 4. The second-order valence-corrected chi connectivity index (χ2v) is 29.5. The van der Waals surface area contributed by atoms with Crippen molar-refractivity contribution in [3.63, 3.8) is 0 Å². The number of Topliss-reactive ketones (excluding diaryl/α,β-unsaturated/α-hetero) is 4. The van der Waals surface area contributed by atoms with Gasteiger partial charge in [0.25, 0.3) is 0 Å². The molecule has 0 amide bonds. The molecule has 18 rings (SSSR count). The van der Waals surface area contributed by atoms with Gasteiger partial charge in [-0.05, 0) is 136 Å². The van der Waals surface area contributed by atoms with Crippen LogP contribution in [-0.2, 0) is 18.4 Å². The number of imidazole rings is 3. The molecular formula is C95H94BrN13O8. The summed E-state index contributed by atoms with van der Waals surface area (Å²) in [5.74, 6) is -1.92. The van der Waals surface area contributed by atoms with Gasteiger partial charge in [0.15, 0.2) is 0 Å². The summed E-state index contributed by atoms with van der Waals surface area (Å²) in [4.78, 5) is 110. The molecule has 0 radical (unpaired) electrons. The van der Waals surface area contributed by atoms with Crippen LogP contribution >= 0.6 is 15.9 Å².